The summed E-state index contributed by atoms with van der Waals surface area (Å²) in [5.74, 6) is -0.550. The Morgan fingerprint density at radius 3 is 2.58 bits per heavy atom. The third-order valence-corrected chi connectivity index (χ3v) is 5.68. The molecule has 31 heavy (non-hydrogen) atoms. The van der Waals surface area contributed by atoms with Crippen LogP contribution >= 0.6 is 23.2 Å². The monoisotopic (exact) mass is 467 g/mol. The largest absolute Gasteiger partial charge is 0.493 e. The predicted molar refractivity (Wildman–Crippen MR) is 116 cm³/mol. The van der Waals surface area contributed by atoms with Crippen LogP contribution in [0.5, 0.6) is 5.75 Å². The number of amides is 1. The van der Waals surface area contributed by atoms with E-state index in [4.69, 9.17) is 43.1 Å². The molecule has 2 aromatic carbocycles. The molecule has 7 nitrogen and oxygen atoms in total. The summed E-state index contributed by atoms with van der Waals surface area (Å²) in [6, 6.07) is 10.0. The van der Waals surface area contributed by atoms with Gasteiger partial charge in [0.15, 0.2) is 11.7 Å². The van der Waals surface area contributed by atoms with Crippen molar-refractivity contribution in [2.75, 3.05) is 13.2 Å². The van der Waals surface area contributed by atoms with Crippen molar-refractivity contribution in [3.05, 3.63) is 63.1 Å². The molecule has 3 rings (SSSR count). The van der Waals surface area contributed by atoms with E-state index in [9.17, 15) is 14.7 Å². The van der Waals surface area contributed by atoms with Crippen LogP contribution in [-0.2, 0) is 20.7 Å². The molecule has 1 amide bonds. The molecule has 1 saturated heterocycles. The highest BCUT2D eigenvalue weighted by Crippen LogP contribution is 2.39. The number of carboxylic acids is 1. The zero-order chi connectivity index (χ0) is 22.6. The standard InChI is InChI=1S/C22H23Cl2NO6/c1-2-29-18-7-4-13(12-22(20(26)27)8-3-9-30-22)10-16(18)19(31-21(25)28)15-6-5-14(23)11-17(15)24/h4-7,10-11,19H,2-3,8-9,12H2,1H3,(H2,25,28)(H,26,27). The Morgan fingerprint density at radius 1 is 1.23 bits per heavy atom. The molecule has 0 bridgehead atoms. The van der Waals surface area contributed by atoms with E-state index < -0.39 is 23.8 Å². The summed E-state index contributed by atoms with van der Waals surface area (Å²) < 4.78 is 16.7. The molecule has 2 unspecified atom stereocenters. The second-order valence-corrected chi connectivity index (χ2v) is 8.06. The second kappa shape index (κ2) is 9.77. The fraction of sp³-hybridized carbons (Fsp3) is 0.364. The maximum absolute atomic E-state index is 11.9. The lowest BCUT2D eigenvalue weighted by molar-refractivity contribution is -0.159. The summed E-state index contributed by atoms with van der Waals surface area (Å²) in [4.78, 5) is 23.6. The lowest BCUT2D eigenvalue weighted by Crippen LogP contribution is -2.40. The van der Waals surface area contributed by atoms with Gasteiger partial charge in [0.25, 0.3) is 0 Å². The number of carboxylic acid groups (broad SMARTS) is 1. The van der Waals surface area contributed by atoms with E-state index in [1.54, 1.807) is 30.3 Å². The first-order chi connectivity index (χ1) is 14.8. The lowest BCUT2D eigenvalue weighted by atomic mass is 9.89. The SMILES string of the molecule is CCOc1ccc(CC2(C(=O)O)CCCO2)cc1C(OC(N)=O)c1ccc(Cl)cc1Cl. The Balaban J connectivity index is 2.09. The van der Waals surface area contributed by atoms with Gasteiger partial charge in [-0.1, -0.05) is 35.3 Å². The molecule has 2 atom stereocenters. The maximum atomic E-state index is 11.9. The van der Waals surface area contributed by atoms with Gasteiger partial charge in [-0.15, -0.1) is 0 Å². The molecule has 1 aliphatic heterocycles. The van der Waals surface area contributed by atoms with Gasteiger partial charge in [-0.25, -0.2) is 9.59 Å². The van der Waals surface area contributed by atoms with Crippen molar-refractivity contribution in [2.45, 2.75) is 37.9 Å². The van der Waals surface area contributed by atoms with Crippen LogP contribution in [0, 0.1) is 0 Å². The molecular formula is C22H23Cl2NO6. The van der Waals surface area contributed by atoms with Crippen LogP contribution in [0.15, 0.2) is 36.4 Å². The molecule has 1 heterocycles. The van der Waals surface area contributed by atoms with Crippen molar-refractivity contribution in [3.63, 3.8) is 0 Å². The Kier molecular flexibility index (Phi) is 7.30. The van der Waals surface area contributed by atoms with Gasteiger partial charge in [0.2, 0.25) is 0 Å². The average molecular weight is 468 g/mol. The van der Waals surface area contributed by atoms with Gasteiger partial charge < -0.3 is 25.1 Å². The summed E-state index contributed by atoms with van der Waals surface area (Å²) in [5, 5.41) is 10.4. The van der Waals surface area contributed by atoms with Crippen LogP contribution in [0.4, 0.5) is 4.79 Å². The number of ether oxygens (including phenoxy) is 3. The molecule has 0 radical (unpaired) electrons. The van der Waals surface area contributed by atoms with Gasteiger partial charge in [-0.2, -0.15) is 0 Å². The van der Waals surface area contributed by atoms with Crippen molar-refractivity contribution < 1.29 is 28.9 Å². The molecule has 1 fully saturated rings. The molecule has 0 spiro atoms. The number of benzene rings is 2. The Morgan fingerprint density at radius 2 is 2.00 bits per heavy atom. The first-order valence-electron chi connectivity index (χ1n) is 9.80. The Labute approximate surface area is 190 Å². The molecule has 0 aromatic heterocycles. The minimum atomic E-state index is -1.29. The van der Waals surface area contributed by atoms with Crippen molar-refractivity contribution in [1.82, 2.24) is 0 Å². The molecule has 1 aliphatic rings. The van der Waals surface area contributed by atoms with Crippen LogP contribution < -0.4 is 10.5 Å². The third-order valence-electron chi connectivity index (χ3n) is 5.12. The number of rotatable bonds is 8. The van der Waals surface area contributed by atoms with E-state index >= 15 is 0 Å². The minimum Gasteiger partial charge on any atom is -0.493 e. The lowest BCUT2D eigenvalue weighted by Gasteiger charge is -2.25. The highest BCUT2D eigenvalue weighted by Gasteiger charge is 2.43. The van der Waals surface area contributed by atoms with Crippen LogP contribution in [0.25, 0.3) is 0 Å². The van der Waals surface area contributed by atoms with Crippen LogP contribution in [0.2, 0.25) is 10.0 Å². The van der Waals surface area contributed by atoms with Gasteiger partial charge in [0.1, 0.15) is 5.75 Å². The summed E-state index contributed by atoms with van der Waals surface area (Å²) in [6.07, 6.45) is -0.739. The summed E-state index contributed by atoms with van der Waals surface area (Å²) in [5.41, 5.74) is 5.68. The maximum Gasteiger partial charge on any atom is 0.405 e. The van der Waals surface area contributed by atoms with Gasteiger partial charge in [-0.05, 0) is 49.6 Å². The predicted octanol–water partition coefficient (Wildman–Crippen LogP) is 4.75. The normalized spacial score (nSPS) is 19.1. The number of aliphatic carboxylic acids is 1. The molecule has 0 saturated carbocycles. The molecule has 3 N–H and O–H groups in total. The van der Waals surface area contributed by atoms with Crippen molar-refractivity contribution in [3.8, 4) is 5.75 Å². The van der Waals surface area contributed by atoms with Gasteiger partial charge in [0, 0.05) is 34.2 Å². The molecule has 9 heteroatoms. The number of hydrogen-bond donors (Lipinski definition) is 2. The van der Waals surface area contributed by atoms with E-state index in [0.29, 0.717) is 53.5 Å². The number of primary amides is 1. The smallest absolute Gasteiger partial charge is 0.405 e. The van der Waals surface area contributed by atoms with Crippen LogP contribution in [0.1, 0.15) is 42.6 Å². The fourth-order valence-electron chi connectivity index (χ4n) is 3.74. The van der Waals surface area contributed by atoms with Crippen LogP contribution in [-0.4, -0.2) is 36.0 Å². The molecule has 166 valence electrons. The number of carbonyl (C=O) groups excluding carboxylic acids is 1. The fourth-order valence-corrected chi connectivity index (χ4v) is 4.24. The van der Waals surface area contributed by atoms with Gasteiger partial charge in [-0.3, -0.25) is 0 Å². The summed E-state index contributed by atoms with van der Waals surface area (Å²) >= 11 is 12.4. The van der Waals surface area contributed by atoms with E-state index in [1.165, 1.54) is 6.07 Å². The minimum absolute atomic E-state index is 0.152. The average Bonchev–Trinajstić information content (AvgIpc) is 3.18. The van der Waals surface area contributed by atoms with Gasteiger partial charge in [0.05, 0.1) is 6.61 Å². The number of carbonyl (C=O) groups is 2. The summed E-state index contributed by atoms with van der Waals surface area (Å²) in [7, 11) is 0. The van der Waals surface area contributed by atoms with E-state index in [2.05, 4.69) is 0 Å². The zero-order valence-corrected chi connectivity index (χ0v) is 18.4. The molecular weight excluding hydrogens is 445 g/mol. The van der Waals surface area contributed by atoms with E-state index in [-0.39, 0.29) is 11.4 Å². The van der Waals surface area contributed by atoms with Crippen molar-refractivity contribution in [1.29, 1.82) is 0 Å². The Bertz CT molecular complexity index is 974. The van der Waals surface area contributed by atoms with Gasteiger partial charge >= 0.3 is 12.1 Å². The Hall–Kier alpha value is -2.48. The van der Waals surface area contributed by atoms with Crippen molar-refractivity contribution in [2.24, 2.45) is 5.73 Å². The zero-order valence-electron chi connectivity index (χ0n) is 16.9. The van der Waals surface area contributed by atoms with Crippen LogP contribution in [0.3, 0.4) is 0 Å². The number of halogens is 2. The third kappa shape index (κ3) is 5.23. The first-order valence-corrected chi connectivity index (χ1v) is 10.6. The first kappa shape index (κ1) is 23.2. The molecule has 0 aliphatic carbocycles. The summed E-state index contributed by atoms with van der Waals surface area (Å²) in [6.45, 7) is 2.58. The number of nitrogens with two attached hydrogens (primary N) is 1. The highest BCUT2D eigenvalue weighted by molar-refractivity contribution is 6.35. The van der Waals surface area contributed by atoms with E-state index in [1.807, 2.05) is 6.92 Å². The van der Waals surface area contributed by atoms with E-state index in [0.717, 1.165) is 0 Å². The second-order valence-electron chi connectivity index (χ2n) is 7.22. The quantitative estimate of drug-likeness (QED) is 0.579. The van der Waals surface area contributed by atoms with Crippen molar-refractivity contribution >= 4 is 35.3 Å². The highest BCUT2D eigenvalue weighted by atomic mass is 35.5. The number of hydrogen-bond acceptors (Lipinski definition) is 5. The topological polar surface area (TPSA) is 108 Å². The molecule has 2 aromatic rings.